The van der Waals surface area contributed by atoms with Crippen molar-refractivity contribution in [1.29, 1.82) is 0 Å². The predicted molar refractivity (Wildman–Crippen MR) is 86.1 cm³/mol. The Kier molecular flexibility index (Phi) is 3.22. The molecule has 0 radical (unpaired) electrons. The molecule has 2 aromatic carbocycles. The van der Waals surface area contributed by atoms with Crippen LogP contribution in [0.3, 0.4) is 0 Å². The highest BCUT2D eigenvalue weighted by molar-refractivity contribution is 7.74. The van der Waals surface area contributed by atoms with Gasteiger partial charge in [0.1, 0.15) is 5.71 Å². The number of hydrogen-bond donors (Lipinski definition) is 1. The van der Waals surface area contributed by atoms with E-state index < -0.39 is 17.1 Å². The Morgan fingerprint density at radius 1 is 1.12 bits per heavy atom. The summed E-state index contributed by atoms with van der Waals surface area (Å²) >= 11 is -2.90. The number of aromatic nitrogens is 1. The number of rotatable bonds is 3. The van der Waals surface area contributed by atoms with E-state index in [-0.39, 0.29) is 17.2 Å². The Morgan fingerprint density at radius 2 is 1.83 bits per heavy atom. The number of fused-ring (bicyclic) bond motifs is 2. The van der Waals surface area contributed by atoms with Crippen molar-refractivity contribution in [3.05, 3.63) is 59.8 Å². The molecule has 120 valence electrons. The number of hydrogen-bond acceptors (Lipinski definition) is 6. The van der Waals surface area contributed by atoms with E-state index in [4.69, 9.17) is 4.28 Å². The van der Waals surface area contributed by atoms with Crippen LogP contribution in [-0.4, -0.2) is 30.1 Å². The van der Waals surface area contributed by atoms with Crippen LogP contribution in [0.2, 0.25) is 0 Å². The third kappa shape index (κ3) is 2.04. The average molecular weight is 341 g/mol. The third-order valence-electron chi connectivity index (χ3n) is 3.76. The van der Waals surface area contributed by atoms with Crippen molar-refractivity contribution in [2.75, 3.05) is 0 Å². The molecule has 0 spiro atoms. The molecule has 2 heterocycles. The molecule has 3 aromatic rings. The van der Waals surface area contributed by atoms with Gasteiger partial charge in [-0.3, -0.25) is 4.79 Å². The zero-order valence-corrected chi connectivity index (χ0v) is 12.8. The maximum absolute atomic E-state index is 12.6. The van der Waals surface area contributed by atoms with Crippen LogP contribution in [-0.2, 0) is 11.4 Å². The van der Waals surface area contributed by atoms with Gasteiger partial charge in [0.2, 0.25) is 5.78 Å². The summed E-state index contributed by atoms with van der Waals surface area (Å²) in [6, 6.07) is 13.2. The molecule has 0 fully saturated rings. The quantitative estimate of drug-likeness (QED) is 0.733. The van der Waals surface area contributed by atoms with E-state index in [1.807, 2.05) is 0 Å². The number of nitrogens with zero attached hydrogens (tertiary/aromatic N) is 2. The fraction of sp³-hybridized carbons (Fsp3) is 0. The Balaban J connectivity index is 2.00. The lowest BCUT2D eigenvalue weighted by Crippen LogP contribution is -2.22. The molecule has 0 amide bonds. The summed E-state index contributed by atoms with van der Waals surface area (Å²) in [5.74, 6) is -0.679. The molecule has 4 rings (SSSR count). The zero-order chi connectivity index (χ0) is 16.8. The molecule has 0 saturated carbocycles. The van der Waals surface area contributed by atoms with Gasteiger partial charge in [0, 0.05) is 10.9 Å². The lowest BCUT2D eigenvalue weighted by Gasteiger charge is -2.12. The largest absolute Gasteiger partial charge is 0.738 e. The number of Topliss-reactive ketones (excluding diaryl/α,β-unsaturated/α-hetero) is 1. The zero-order valence-electron chi connectivity index (χ0n) is 12.0. The maximum Gasteiger partial charge on any atom is 0.215 e. The Bertz CT molecular complexity index is 1050. The number of para-hydroxylation sites is 2. The minimum Gasteiger partial charge on any atom is -0.738 e. The molecule has 0 bridgehead atoms. The number of aromatic hydroxyl groups is 1. The Hall–Kier alpha value is -2.97. The van der Waals surface area contributed by atoms with E-state index >= 15 is 0 Å². The topological polar surface area (TPSA) is 104 Å². The van der Waals surface area contributed by atoms with Crippen molar-refractivity contribution < 1.29 is 22.9 Å². The number of ketones is 1. The van der Waals surface area contributed by atoms with Crippen molar-refractivity contribution in [1.82, 2.24) is 4.73 Å². The van der Waals surface area contributed by atoms with E-state index in [0.29, 0.717) is 22.2 Å². The fourth-order valence-electron chi connectivity index (χ4n) is 2.76. The summed E-state index contributed by atoms with van der Waals surface area (Å²) in [4.78, 5) is 16.8. The van der Waals surface area contributed by atoms with Crippen molar-refractivity contribution in [2.24, 2.45) is 4.99 Å². The van der Waals surface area contributed by atoms with Gasteiger partial charge in [-0.05, 0) is 24.3 Å². The third-order valence-corrected chi connectivity index (χ3v) is 4.03. The predicted octanol–water partition coefficient (Wildman–Crippen LogP) is 1.89. The monoisotopic (exact) mass is 341 g/mol. The van der Waals surface area contributed by atoms with Gasteiger partial charge in [-0.15, -0.1) is 0 Å². The van der Waals surface area contributed by atoms with Gasteiger partial charge in [0.25, 0.3) is 0 Å². The van der Waals surface area contributed by atoms with Gasteiger partial charge in [0.05, 0.1) is 11.2 Å². The van der Waals surface area contributed by atoms with Crippen LogP contribution in [0.5, 0.6) is 5.75 Å². The van der Waals surface area contributed by atoms with E-state index in [1.165, 1.54) is 0 Å². The van der Waals surface area contributed by atoms with Crippen molar-refractivity contribution >= 4 is 39.4 Å². The minimum atomic E-state index is -2.90. The molecule has 7 nitrogen and oxygen atoms in total. The van der Waals surface area contributed by atoms with E-state index in [0.717, 1.165) is 4.73 Å². The van der Waals surface area contributed by atoms with Gasteiger partial charge in [0.15, 0.2) is 22.8 Å². The van der Waals surface area contributed by atoms with E-state index in [2.05, 4.69) is 4.99 Å². The molecular weight excluding hydrogens is 332 g/mol. The summed E-state index contributed by atoms with van der Waals surface area (Å²) in [5, 5.41) is 10.9. The van der Waals surface area contributed by atoms with Crippen LogP contribution in [0.1, 0.15) is 16.1 Å². The highest BCUT2D eigenvalue weighted by atomic mass is 32.2. The first kappa shape index (κ1) is 14.6. The first-order valence-corrected chi connectivity index (χ1v) is 7.91. The second kappa shape index (κ2) is 5.29. The molecule has 24 heavy (non-hydrogen) atoms. The molecule has 0 saturated heterocycles. The van der Waals surface area contributed by atoms with Crippen LogP contribution in [0.25, 0.3) is 10.9 Å². The second-order valence-electron chi connectivity index (χ2n) is 5.09. The van der Waals surface area contributed by atoms with E-state index in [1.54, 1.807) is 48.5 Å². The summed E-state index contributed by atoms with van der Waals surface area (Å²) in [5.41, 5.74) is 0.974. The van der Waals surface area contributed by atoms with Crippen molar-refractivity contribution in [3.63, 3.8) is 0 Å². The molecule has 1 atom stereocenters. The van der Waals surface area contributed by atoms with Crippen LogP contribution in [0.4, 0.5) is 5.69 Å². The smallest absolute Gasteiger partial charge is 0.215 e. The van der Waals surface area contributed by atoms with Gasteiger partial charge in [-0.1, -0.05) is 24.3 Å². The molecule has 1 aromatic heterocycles. The molecule has 0 aliphatic carbocycles. The fourth-order valence-corrected chi connectivity index (χ4v) is 3.04. The van der Waals surface area contributed by atoms with Crippen LogP contribution in [0, 0.1) is 0 Å². The highest BCUT2D eigenvalue weighted by Gasteiger charge is 2.32. The molecule has 8 heteroatoms. The Morgan fingerprint density at radius 3 is 2.58 bits per heavy atom. The van der Waals surface area contributed by atoms with Gasteiger partial charge < -0.3 is 13.9 Å². The van der Waals surface area contributed by atoms with Gasteiger partial charge in [-0.2, -0.15) is 4.73 Å². The van der Waals surface area contributed by atoms with Crippen LogP contribution in [0.15, 0.2) is 53.5 Å². The number of carbonyl (C=O) groups is 1. The number of carbonyl (C=O) groups excluding carboxylic acids is 1. The number of aliphatic imine (C=N–C) groups is 1. The lowest BCUT2D eigenvalue weighted by molar-refractivity contribution is 0.106. The van der Waals surface area contributed by atoms with Crippen molar-refractivity contribution in [2.45, 2.75) is 0 Å². The van der Waals surface area contributed by atoms with Gasteiger partial charge >= 0.3 is 0 Å². The summed E-state index contributed by atoms with van der Waals surface area (Å²) in [7, 11) is 0. The molecule has 1 N–H and O–H groups in total. The lowest BCUT2D eigenvalue weighted by atomic mass is 10.1. The van der Waals surface area contributed by atoms with Gasteiger partial charge in [-0.25, -0.2) is 9.20 Å². The second-order valence-corrected chi connectivity index (χ2v) is 5.65. The molecule has 1 aliphatic heterocycles. The molecule has 1 unspecified atom stereocenters. The van der Waals surface area contributed by atoms with E-state index in [9.17, 15) is 18.7 Å². The minimum absolute atomic E-state index is 0.0737. The summed E-state index contributed by atoms with van der Waals surface area (Å²) < 4.78 is 27.8. The average Bonchev–Trinajstić information content (AvgIpc) is 3.04. The summed E-state index contributed by atoms with van der Waals surface area (Å²) in [6.45, 7) is 0. The molecule has 1 aliphatic rings. The van der Waals surface area contributed by atoms with Crippen LogP contribution < -0.4 is 4.28 Å². The first-order chi connectivity index (χ1) is 11.6. The standard InChI is InChI=1S/C16H10N2O5S/c19-15-9-5-1-3-7-11(9)17-13(15)14-16(20)10-6-2-4-8-12(10)18(14)23-24(21)22/h1-8,20H,(H,21,22)/p-1. The highest BCUT2D eigenvalue weighted by Crippen LogP contribution is 2.36. The SMILES string of the molecule is O=C1C(c2c(O)c3ccccc3n2OS(=O)[O-])=Nc2ccccc21. The van der Waals surface area contributed by atoms with Crippen LogP contribution >= 0.6 is 0 Å². The summed E-state index contributed by atoms with van der Waals surface area (Å²) in [6.07, 6.45) is 0. The maximum atomic E-state index is 12.6. The Labute approximate surface area is 138 Å². The number of benzene rings is 2. The molecular formula is C16H9N2O5S-. The normalized spacial score (nSPS) is 14.5. The first-order valence-electron chi connectivity index (χ1n) is 6.91. The van der Waals surface area contributed by atoms with Crippen molar-refractivity contribution in [3.8, 4) is 5.75 Å².